The van der Waals surface area contributed by atoms with Crippen molar-refractivity contribution in [2.24, 2.45) is 0 Å². The van der Waals surface area contributed by atoms with Crippen molar-refractivity contribution >= 4 is 24.0 Å². The summed E-state index contributed by atoms with van der Waals surface area (Å²) in [7, 11) is -3.07. The first-order chi connectivity index (χ1) is 8.95. The zero-order chi connectivity index (χ0) is 14.3. The van der Waals surface area contributed by atoms with Crippen LogP contribution in [0.3, 0.4) is 0 Å². The largest absolute Gasteiger partial charge is 0.294 e. The third-order valence-corrected chi connectivity index (χ3v) is 4.42. The Bertz CT molecular complexity index is 610. The molecule has 0 radical (unpaired) electrons. The highest BCUT2D eigenvalue weighted by Crippen LogP contribution is 2.06. The minimum absolute atomic E-state index is 0.0741. The maximum Gasteiger partial charge on any atom is 0.294 e. The Morgan fingerprint density at radius 1 is 0.947 bits per heavy atom. The minimum Gasteiger partial charge on any atom is -0.282 e. The minimum atomic E-state index is -4.00. The Hall–Kier alpha value is -1.22. The molecule has 0 aliphatic heterocycles. The topological polar surface area (TPSA) is 54.4 Å². The Balaban J connectivity index is 0.000000191. The van der Waals surface area contributed by atoms with Gasteiger partial charge in [0.15, 0.2) is 0 Å². The van der Waals surface area contributed by atoms with Crippen molar-refractivity contribution in [1.82, 2.24) is 0 Å². The van der Waals surface area contributed by atoms with Crippen LogP contribution in [0.5, 0.6) is 0 Å². The fourth-order valence-corrected chi connectivity index (χ4v) is 2.69. The lowest BCUT2D eigenvalue weighted by atomic mass is 10.2. The van der Waals surface area contributed by atoms with Gasteiger partial charge < -0.3 is 0 Å². The Labute approximate surface area is 116 Å². The lowest BCUT2D eigenvalue weighted by Crippen LogP contribution is -1.96. The van der Waals surface area contributed by atoms with E-state index in [9.17, 15) is 8.42 Å². The maximum atomic E-state index is 10.4. The van der Waals surface area contributed by atoms with Gasteiger partial charge in [0.2, 0.25) is 0 Å². The summed E-state index contributed by atoms with van der Waals surface area (Å²) in [6, 6.07) is 15.9. The predicted molar refractivity (Wildman–Crippen MR) is 81.3 cm³/mol. The Kier molecular flexibility index (Phi) is 6.16. The number of hydrogen-bond donors (Lipinski definition) is 1. The van der Waals surface area contributed by atoms with Gasteiger partial charge in [-0.15, -0.1) is 0 Å². The van der Waals surface area contributed by atoms with E-state index in [4.69, 9.17) is 4.55 Å². The zero-order valence-electron chi connectivity index (χ0n) is 10.9. The Morgan fingerprint density at radius 2 is 1.47 bits per heavy atom. The van der Waals surface area contributed by atoms with Gasteiger partial charge in [-0.1, -0.05) is 51.0 Å². The highest BCUT2D eigenvalue weighted by atomic mass is 32.2. The summed E-state index contributed by atoms with van der Waals surface area (Å²) < 4.78 is 29.2. The summed E-state index contributed by atoms with van der Waals surface area (Å²) in [4.78, 5) is -0.0741. The summed E-state index contributed by atoms with van der Waals surface area (Å²) in [6.45, 7) is 4.37. The van der Waals surface area contributed by atoms with Gasteiger partial charge in [-0.3, -0.25) is 4.55 Å². The van der Waals surface area contributed by atoms with Crippen LogP contribution in [0.2, 0.25) is 0 Å². The zero-order valence-corrected chi connectivity index (χ0v) is 12.7. The van der Waals surface area contributed by atoms with Crippen molar-refractivity contribution in [1.29, 1.82) is 0 Å². The molecule has 0 aliphatic carbocycles. The fourth-order valence-electron chi connectivity index (χ4n) is 1.45. The summed E-state index contributed by atoms with van der Waals surface area (Å²) in [5.41, 5.74) is 1.42. The van der Waals surface area contributed by atoms with Gasteiger partial charge in [0.05, 0.1) is 4.90 Å². The van der Waals surface area contributed by atoms with Crippen molar-refractivity contribution in [2.75, 3.05) is 6.66 Å². The molecule has 5 heteroatoms. The van der Waals surface area contributed by atoms with Crippen molar-refractivity contribution < 1.29 is 13.0 Å². The lowest BCUT2D eigenvalue weighted by molar-refractivity contribution is 0.483. The number of rotatable bonds is 2. The van der Waals surface area contributed by atoms with Crippen LogP contribution in [0.25, 0.3) is 0 Å². The molecule has 2 aromatic carbocycles. The molecule has 0 saturated carbocycles. The molecule has 1 unspecified atom stereocenters. The Morgan fingerprint density at radius 3 is 1.84 bits per heavy atom. The van der Waals surface area contributed by atoms with E-state index in [0.717, 1.165) is 8.58 Å². The van der Waals surface area contributed by atoms with E-state index in [-0.39, 0.29) is 4.90 Å². The monoisotopic (exact) mass is 296 g/mol. The molecule has 0 amide bonds. The molecule has 2 aromatic rings. The van der Waals surface area contributed by atoms with Crippen molar-refractivity contribution in [3.8, 4) is 0 Å². The standard InChI is InChI=1S/C8H11P.C6H6O3S/c1-7-5-3-4-6-8(7)9-2;7-10(8,9)6-4-2-1-3-5-6/h3-6,9H,1-2H3;1-5H,(H,7,8,9). The van der Waals surface area contributed by atoms with Gasteiger partial charge in [0.25, 0.3) is 10.1 Å². The molecule has 0 saturated heterocycles. The second-order valence-electron chi connectivity index (χ2n) is 3.85. The molecular formula is C14H17O3PS. The molecule has 0 heterocycles. The van der Waals surface area contributed by atoms with E-state index in [0.29, 0.717) is 0 Å². The summed E-state index contributed by atoms with van der Waals surface area (Å²) in [6.07, 6.45) is 0. The van der Waals surface area contributed by atoms with E-state index in [1.165, 1.54) is 23.0 Å². The van der Waals surface area contributed by atoms with Crippen LogP contribution in [0.1, 0.15) is 5.56 Å². The van der Waals surface area contributed by atoms with Gasteiger partial charge in [-0.25, -0.2) is 0 Å². The molecule has 0 bridgehead atoms. The van der Waals surface area contributed by atoms with E-state index in [2.05, 4.69) is 37.9 Å². The van der Waals surface area contributed by atoms with Crippen LogP contribution in [0.4, 0.5) is 0 Å². The van der Waals surface area contributed by atoms with Crippen molar-refractivity contribution in [3.63, 3.8) is 0 Å². The average molecular weight is 296 g/mol. The highest BCUT2D eigenvalue weighted by molar-refractivity contribution is 7.85. The molecule has 19 heavy (non-hydrogen) atoms. The molecule has 0 aromatic heterocycles. The van der Waals surface area contributed by atoms with Crippen LogP contribution in [-0.4, -0.2) is 19.6 Å². The van der Waals surface area contributed by atoms with Gasteiger partial charge in [-0.2, -0.15) is 8.42 Å². The first kappa shape index (κ1) is 15.8. The summed E-state index contributed by atoms with van der Waals surface area (Å²) >= 11 is 0. The highest BCUT2D eigenvalue weighted by Gasteiger charge is 2.05. The van der Waals surface area contributed by atoms with Crippen LogP contribution in [0, 0.1) is 6.92 Å². The summed E-state index contributed by atoms with van der Waals surface area (Å²) in [5, 5.41) is 1.48. The molecular weight excluding hydrogens is 279 g/mol. The number of hydrogen-bond acceptors (Lipinski definition) is 2. The molecule has 0 fully saturated rings. The first-order valence-electron chi connectivity index (χ1n) is 5.71. The quantitative estimate of drug-likeness (QED) is 0.685. The van der Waals surface area contributed by atoms with Crippen LogP contribution < -0.4 is 5.30 Å². The van der Waals surface area contributed by atoms with E-state index in [1.54, 1.807) is 18.2 Å². The number of aryl methyl sites for hydroxylation is 1. The van der Waals surface area contributed by atoms with Gasteiger partial charge in [0.1, 0.15) is 0 Å². The van der Waals surface area contributed by atoms with Gasteiger partial charge >= 0.3 is 0 Å². The molecule has 0 aliphatic rings. The van der Waals surface area contributed by atoms with E-state index in [1.807, 2.05) is 0 Å². The first-order valence-corrected chi connectivity index (χ1v) is 8.65. The van der Waals surface area contributed by atoms with Crippen molar-refractivity contribution in [3.05, 3.63) is 60.2 Å². The molecule has 1 N–H and O–H groups in total. The normalized spacial score (nSPS) is 11.1. The predicted octanol–water partition coefficient (Wildman–Crippen LogP) is 2.86. The molecule has 2 rings (SSSR count). The smallest absolute Gasteiger partial charge is 0.282 e. The second kappa shape index (κ2) is 7.39. The van der Waals surface area contributed by atoms with Gasteiger partial charge in [0, 0.05) is 0 Å². The maximum absolute atomic E-state index is 10.4. The van der Waals surface area contributed by atoms with Crippen LogP contribution in [0.15, 0.2) is 59.5 Å². The molecule has 0 spiro atoms. The third kappa shape index (κ3) is 5.52. The van der Waals surface area contributed by atoms with Crippen molar-refractivity contribution in [2.45, 2.75) is 11.8 Å². The van der Waals surface area contributed by atoms with Crippen LogP contribution >= 0.6 is 8.58 Å². The SMILES string of the molecule is CPc1ccccc1C.O=S(=O)(O)c1ccccc1. The third-order valence-electron chi connectivity index (χ3n) is 2.46. The summed E-state index contributed by atoms with van der Waals surface area (Å²) in [5.74, 6) is 0. The molecule has 3 nitrogen and oxygen atoms in total. The van der Waals surface area contributed by atoms with E-state index < -0.39 is 10.1 Å². The van der Waals surface area contributed by atoms with E-state index >= 15 is 0 Å². The average Bonchev–Trinajstić information content (AvgIpc) is 2.40. The fraction of sp³-hybridized carbons (Fsp3) is 0.143. The molecule has 1 atom stereocenters. The number of benzene rings is 2. The molecule has 102 valence electrons. The lowest BCUT2D eigenvalue weighted by Gasteiger charge is -1.98. The van der Waals surface area contributed by atoms with Gasteiger partial charge in [-0.05, 0) is 36.6 Å². The van der Waals surface area contributed by atoms with Crippen LogP contribution in [-0.2, 0) is 10.1 Å². The second-order valence-corrected chi connectivity index (χ2v) is 6.31.